The van der Waals surface area contributed by atoms with Crippen LogP contribution in [0.15, 0.2) is 54.6 Å². The van der Waals surface area contributed by atoms with Crippen LogP contribution in [0.4, 0.5) is 0 Å². The van der Waals surface area contributed by atoms with Gasteiger partial charge in [-0.25, -0.2) is 13.1 Å². The van der Waals surface area contributed by atoms with Gasteiger partial charge >= 0.3 is 5.97 Å². The van der Waals surface area contributed by atoms with E-state index in [1.807, 2.05) is 31.2 Å². The number of benzene rings is 2. The minimum absolute atomic E-state index is 0.265. The number of rotatable bonds is 14. The van der Waals surface area contributed by atoms with Crippen LogP contribution >= 0.6 is 0 Å². The fourth-order valence-electron chi connectivity index (χ4n) is 4.70. The first kappa shape index (κ1) is 27.2. The predicted molar refractivity (Wildman–Crippen MR) is 138 cm³/mol. The second-order valence-corrected chi connectivity index (χ2v) is 11.1. The Morgan fingerprint density at radius 1 is 1.09 bits per heavy atom. The molecule has 0 saturated carbocycles. The number of carbonyl (C=O) groups is 1. The van der Waals surface area contributed by atoms with Gasteiger partial charge in [0.25, 0.3) is 0 Å². The Kier molecular flexibility index (Phi) is 10.6. The van der Waals surface area contributed by atoms with Gasteiger partial charge in [0, 0.05) is 5.92 Å². The third kappa shape index (κ3) is 8.94. The highest BCUT2D eigenvalue weighted by atomic mass is 32.2. The maximum atomic E-state index is 12.7. The lowest BCUT2D eigenvalue weighted by molar-refractivity contribution is -0.139. The van der Waals surface area contributed by atoms with Crippen molar-refractivity contribution < 1.29 is 23.1 Å². The number of piperidine rings is 1. The van der Waals surface area contributed by atoms with Gasteiger partial charge in [-0.3, -0.25) is 4.79 Å². The number of unbranched alkanes of at least 4 members (excludes halogenated alkanes) is 1. The lowest BCUT2D eigenvalue weighted by Crippen LogP contribution is -2.45. The fourth-order valence-corrected chi connectivity index (χ4v) is 6.07. The van der Waals surface area contributed by atoms with Crippen LogP contribution < -0.4 is 14.8 Å². The first-order valence-corrected chi connectivity index (χ1v) is 14.2. The molecule has 0 bridgehead atoms. The van der Waals surface area contributed by atoms with Crippen LogP contribution in [0.1, 0.15) is 62.5 Å². The van der Waals surface area contributed by atoms with Crippen molar-refractivity contribution >= 4 is 16.0 Å². The van der Waals surface area contributed by atoms with Crippen molar-refractivity contribution in [2.75, 3.05) is 19.7 Å². The predicted octanol–water partition coefficient (Wildman–Crippen LogP) is 4.30. The van der Waals surface area contributed by atoms with Crippen molar-refractivity contribution in [2.45, 2.75) is 63.2 Å². The van der Waals surface area contributed by atoms with Crippen molar-refractivity contribution in [1.82, 2.24) is 10.0 Å². The maximum Gasteiger partial charge on any atom is 0.322 e. The molecule has 2 aromatic rings. The van der Waals surface area contributed by atoms with Gasteiger partial charge in [0.15, 0.2) is 0 Å². The Balaban J connectivity index is 1.54. The molecule has 0 spiro atoms. The first-order chi connectivity index (χ1) is 16.9. The van der Waals surface area contributed by atoms with E-state index in [4.69, 9.17) is 4.74 Å². The summed E-state index contributed by atoms with van der Waals surface area (Å²) in [7, 11) is -3.83. The molecular weight excluding hydrogens is 464 g/mol. The maximum absolute atomic E-state index is 12.7. The molecule has 0 radical (unpaired) electrons. The van der Waals surface area contributed by atoms with Gasteiger partial charge in [-0.1, -0.05) is 55.8 Å². The van der Waals surface area contributed by atoms with Gasteiger partial charge < -0.3 is 15.2 Å². The molecule has 1 saturated heterocycles. The Morgan fingerprint density at radius 3 is 2.40 bits per heavy atom. The number of carboxylic acid groups (broad SMARTS) is 1. The smallest absolute Gasteiger partial charge is 0.322 e. The number of ether oxygens (including phenoxy) is 1. The number of hydrogen-bond donors (Lipinski definition) is 3. The molecule has 1 aliphatic rings. The van der Waals surface area contributed by atoms with E-state index in [2.05, 4.69) is 10.0 Å². The van der Waals surface area contributed by atoms with Crippen molar-refractivity contribution in [3.8, 4) is 5.75 Å². The lowest BCUT2D eigenvalue weighted by Gasteiger charge is -2.24. The minimum atomic E-state index is -3.83. The van der Waals surface area contributed by atoms with Crippen molar-refractivity contribution in [2.24, 2.45) is 5.92 Å². The van der Waals surface area contributed by atoms with Crippen molar-refractivity contribution in [1.29, 1.82) is 0 Å². The summed E-state index contributed by atoms with van der Waals surface area (Å²) in [5.41, 5.74) is 1.37. The third-order valence-corrected chi connectivity index (χ3v) is 7.98. The lowest BCUT2D eigenvalue weighted by atomic mass is 9.89. The highest BCUT2D eigenvalue weighted by Crippen LogP contribution is 2.27. The van der Waals surface area contributed by atoms with E-state index in [1.165, 1.54) is 19.3 Å². The van der Waals surface area contributed by atoms with Gasteiger partial charge in [-0.05, 0) is 74.4 Å². The topological polar surface area (TPSA) is 105 Å². The minimum Gasteiger partial charge on any atom is -0.494 e. The molecule has 3 rings (SSSR count). The van der Waals surface area contributed by atoms with Crippen LogP contribution in [0.2, 0.25) is 0 Å². The Labute approximate surface area is 209 Å². The molecule has 2 atom stereocenters. The first-order valence-electron chi connectivity index (χ1n) is 12.6. The summed E-state index contributed by atoms with van der Waals surface area (Å²) in [4.78, 5) is 12.0. The quantitative estimate of drug-likeness (QED) is 0.333. The molecule has 3 N–H and O–H groups in total. The SMILES string of the molecule is CCC(c1ccc(OCCCCC2CCNCC2)cc1)C(NS(=O)(=O)Cc1ccccc1)C(=O)O. The molecule has 1 fully saturated rings. The molecular formula is C27H38N2O5S. The van der Waals surface area contributed by atoms with E-state index in [1.54, 1.807) is 30.3 Å². The number of hydrogen-bond acceptors (Lipinski definition) is 5. The molecule has 192 valence electrons. The second kappa shape index (κ2) is 13.6. The molecule has 0 amide bonds. The number of aliphatic carboxylic acids is 1. The van der Waals surface area contributed by atoms with E-state index >= 15 is 0 Å². The molecule has 1 aliphatic heterocycles. The zero-order valence-corrected chi connectivity index (χ0v) is 21.3. The second-order valence-electron chi connectivity index (χ2n) is 9.30. The zero-order chi connectivity index (χ0) is 25.1. The summed E-state index contributed by atoms with van der Waals surface area (Å²) < 4.78 is 33.7. The Bertz CT molecular complexity index is 1010. The molecule has 35 heavy (non-hydrogen) atoms. The fraction of sp³-hybridized carbons (Fsp3) is 0.519. The largest absolute Gasteiger partial charge is 0.494 e. The highest BCUT2D eigenvalue weighted by molar-refractivity contribution is 7.88. The summed E-state index contributed by atoms with van der Waals surface area (Å²) in [5, 5.41) is 13.2. The molecule has 2 aromatic carbocycles. The summed E-state index contributed by atoms with van der Waals surface area (Å²) in [6.45, 7) is 4.77. The van der Waals surface area contributed by atoms with Gasteiger partial charge in [0.1, 0.15) is 11.8 Å². The number of carboxylic acids is 1. The van der Waals surface area contributed by atoms with Gasteiger partial charge in [-0.2, -0.15) is 0 Å². The molecule has 7 nitrogen and oxygen atoms in total. The normalized spacial score (nSPS) is 16.5. The Morgan fingerprint density at radius 2 is 1.77 bits per heavy atom. The van der Waals surface area contributed by atoms with Gasteiger partial charge in [-0.15, -0.1) is 0 Å². The molecule has 8 heteroatoms. The average Bonchev–Trinajstić information content (AvgIpc) is 2.85. The van der Waals surface area contributed by atoms with Gasteiger partial charge in [0.05, 0.1) is 12.4 Å². The van der Waals surface area contributed by atoms with E-state index in [9.17, 15) is 18.3 Å². The molecule has 1 heterocycles. The van der Waals surface area contributed by atoms with Crippen LogP contribution in [0, 0.1) is 5.92 Å². The summed E-state index contributed by atoms with van der Waals surface area (Å²) in [6, 6.07) is 14.8. The van der Waals surface area contributed by atoms with E-state index in [0.29, 0.717) is 18.6 Å². The van der Waals surface area contributed by atoms with Crippen LogP contribution in [-0.4, -0.2) is 45.2 Å². The average molecular weight is 503 g/mol. The monoisotopic (exact) mass is 502 g/mol. The molecule has 0 aromatic heterocycles. The van der Waals surface area contributed by atoms with Crippen molar-refractivity contribution in [3.63, 3.8) is 0 Å². The molecule has 2 unspecified atom stereocenters. The molecule has 0 aliphatic carbocycles. The highest BCUT2D eigenvalue weighted by Gasteiger charge is 2.32. The van der Waals surface area contributed by atoms with E-state index < -0.39 is 28.0 Å². The van der Waals surface area contributed by atoms with Crippen LogP contribution in [0.3, 0.4) is 0 Å². The van der Waals surface area contributed by atoms with Gasteiger partial charge in [0.2, 0.25) is 10.0 Å². The van der Waals surface area contributed by atoms with E-state index in [-0.39, 0.29) is 5.75 Å². The van der Waals surface area contributed by atoms with Crippen LogP contribution in [-0.2, 0) is 20.6 Å². The Hall–Kier alpha value is -2.42. The summed E-state index contributed by atoms with van der Waals surface area (Å²) in [5.74, 6) is -0.395. The van der Waals surface area contributed by atoms with Crippen molar-refractivity contribution in [3.05, 3.63) is 65.7 Å². The summed E-state index contributed by atoms with van der Waals surface area (Å²) >= 11 is 0. The third-order valence-electron chi connectivity index (χ3n) is 6.66. The van der Waals surface area contributed by atoms with Crippen LogP contribution in [0.25, 0.3) is 0 Å². The zero-order valence-electron chi connectivity index (χ0n) is 20.5. The van der Waals surface area contributed by atoms with E-state index in [0.717, 1.165) is 43.2 Å². The number of sulfonamides is 1. The number of nitrogens with one attached hydrogen (secondary N) is 2. The van der Waals surface area contributed by atoms with Crippen LogP contribution in [0.5, 0.6) is 5.75 Å². The standard InChI is InChI=1S/C27H38N2O5S/c1-2-25(26(27(30)31)29-35(32,33)20-22-9-4-3-5-10-22)23-11-13-24(14-12-23)34-19-7-6-8-21-15-17-28-18-16-21/h3-5,9-14,21,25-26,28-29H,2,6-8,15-20H2,1H3,(H,30,31). The summed E-state index contributed by atoms with van der Waals surface area (Å²) in [6.07, 6.45) is 6.42.